The van der Waals surface area contributed by atoms with Crippen molar-refractivity contribution in [2.24, 2.45) is 5.41 Å². The minimum absolute atomic E-state index is 0.0999. The van der Waals surface area contributed by atoms with Gasteiger partial charge in [0.05, 0.1) is 6.54 Å². The quantitative estimate of drug-likeness (QED) is 0.820. The van der Waals surface area contributed by atoms with Crippen LogP contribution in [0.1, 0.15) is 65.7 Å². The Balaban J connectivity index is 1.88. The van der Waals surface area contributed by atoms with Gasteiger partial charge < -0.3 is 10.0 Å². The SMILES string of the molecule is CCC1(CO)CCN(CC(=O)N(C(C)C)C2CCCC2)CC1. The van der Waals surface area contributed by atoms with E-state index in [4.69, 9.17) is 0 Å². The predicted octanol–water partition coefficient (Wildman–Crippen LogP) is 2.65. The summed E-state index contributed by atoms with van der Waals surface area (Å²) in [5.41, 5.74) is 0.0999. The Labute approximate surface area is 135 Å². The van der Waals surface area contributed by atoms with E-state index in [-0.39, 0.29) is 12.0 Å². The number of carbonyl (C=O) groups is 1. The lowest BCUT2D eigenvalue weighted by atomic mass is 9.77. The molecule has 0 aromatic rings. The van der Waals surface area contributed by atoms with Crippen LogP contribution in [0.15, 0.2) is 0 Å². The summed E-state index contributed by atoms with van der Waals surface area (Å²) in [5, 5.41) is 9.62. The van der Waals surface area contributed by atoms with Crippen LogP contribution in [0.5, 0.6) is 0 Å². The standard InChI is InChI=1S/C18H34N2O2/c1-4-18(14-21)9-11-19(12-10-18)13-17(22)20(15(2)3)16-7-5-6-8-16/h15-16,21H,4-14H2,1-3H3. The van der Waals surface area contributed by atoms with E-state index in [1.54, 1.807) is 0 Å². The van der Waals surface area contributed by atoms with Crippen LogP contribution in [0.3, 0.4) is 0 Å². The average Bonchev–Trinajstić information content (AvgIpc) is 3.02. The molecule has 0 radical (unpaired) electrons. The molecule has 1 aliphatic carbocycles. The van der Waals surface area contributed by atoms with Gasteiger partial charge in [-0.1, -0.05) is 19.8 Å². The summed E-state index contributed by atoms with van der Waals surface area (Å²) in [6.45, 7) is 9.16. The summed E-state index contributed by atoms with van der Waals surface area (Å²) in [5.74, 6) is 0.301. The van der Waals surface area contributed by atoms with Crippen LogP contribution in [0, 0.1) is 5.41 Å². The predicted molar refractivity (Wildman–Crippen MR) is 89.7 cm³/mol. The molecule has 4 heteroatoms. The molecule has 2 fully saturated rings. The smallest absolute Gasteiger partial charge is 0.237 e. The molecule has 128 valence electrons. The first-order valence-corrected chi connectivity index (χ1v) is 9.16. The van der Waals surface area contributed by atoms with Crippen molar-refractivity contribution in [2.75, 3.05) is 26.2 Å². The lowest BCUT2D eigenvalue weighted by molar-refractivity contribution is -0.137. The lowest BCUT2D eigenvalue weighted by Crippen LogP contribution is -2.50. The molecule has 1 heterocycles. The molecule has 22 heavy (non-hydrogen) atoms. The van der Waals surface area contributed by atoms with Crippen LogP contribution in [0.25, 0.3) is 0 Å². The summed E-state index contributed by atoms with van der Waals surface area (Å²) >= 11 is 0. The number of carbonyl (C=O) groups excluding carboxylic acids is 1. The zero-order chi connectivity index (χ0) is 16.2. The molecule has 0 aromatic carbocycles. The third kappa shape index (κ3) is 4.02. The first-order chi connectivity index (χ1) is 10.5. The van der Waals surface area contributed by atoms with Gasteiger partial charge in [0.1, 0.15) is 0 Å². The Morgan fingerprint density at radius 3 is 2.32 bits per heavy atom. The molecular formula is C18H34N2O2. The van der Waals surface area contributed by atoms with Crippen molar-refractivity contribution in [3.8, 4) is 0 Å². The molecule has 1 N–H and O–H groups in total. The van der Waals surface area contributed by atoms with Gasteiger partial charge in [-0.3, -0.25) is 9.69 Å². The van der Waals surface area contributed by atoms with E-state index in [0.717, 1.165) is 32.4 Å². The maximum atomic E-state index is 12.8. The zero-order valence-electron chi connectivity index (χ0n) is 14.7. The van der Waals surface area contributed by atoms with Crippen molar-refractivity contribution < 1.29 is 9.90 Å². The number of piperidine rings is 1. The summed E-state index contributed by atoms with van der Waals surface area (Å²) in [6, 6.07) is 0.761. The zero-order valence-corrected chi connectivity index (χ0v) is 14.7. The Kier molecular flexibility index (Phi) is 6.27. The normalized spacial score (nSPS) is 23.1. The van der Waals surface area contributed by atoms with Gasteiger partial charge in [-0.15, -0.1) is 0 Å². The van der Waals surface area contributed by atoms with Crippen LogP contribution in [0.2, 0.25) is 0 Å². The molecule has 1 aliphatic heterocycles. The first kappa shape index (κ1) is 17.7. The van der Waals surface area contributed by atoms with Crippen LogP contribution >= 0.6 is 0 Å². The summed E-state index contributed by atoms with van der Waals surface area (Å²) in [4.78, 5) is 17.2. The highest BCUT2D eigenvalue weighted by Gasteiger charge is 2.34. The van der Waals surface area contributed by atoms with Gasteiger partial charge in [0.15, 0.2) is 0 Å². The summed E-state index contributed by atoms with van der Waals surface area (Å²) in [6.07, 6.45) is 7.93. The van der Waals surface area contributed by atoms with Crippen LogP contribution in [-0.4, -0.2) is 59.1 Å². The number of likely N-dealkylation sites (tertiary alicyclic amines) is 1. The first-order valence-electron chi connectivity index (χ1n) is 9.16. The average molecular weight is 310 g/mol. The van der Waals surface area contributed by atoms with Gasteiger partial charge >= 0.3 is 0 Å². The van der Waals surface area contributed by atoms with Crippen LogP contribution < -0.4 is 0 Å². The molecule has 1 amide bonds. The molecule has 0 spiro atoms. The van der Waals surface area contributed by atoms with E-state index in [1.807, 2.05) is 0 Å². The fourth-order valence-corrected chi connectivity index (χ4v) is 4.18. The van der Waals surface area contributed by atoms with Gasteiger partial charge in [-0.2, -0.15) is 0 Å². The fourth-order valence-electron chi connectivity index (χ4n) is 4.18. The van der Waals surface area contributed by atoms with Gasteiger partial charge in [0.25, 0.3) is 0 Å². The largest absolute Gasteiger partial charge is 0.396 e. The van der Waals surface area contributed by atoms with Crippen molar-refractivity contribution in [1.29, 1.82) is 0 Å². The Morgan fingerprint density at radius 1 is 1.27 bits per heavy atom. The molecular weight excluding hydrogens is 276 g/mol. The monoisotopic (exact) mass is 310 g/mol. The van der Waals surface area contributed by atoms with Crippen LogP contribution in [0.4, 0.5) is 0 Å². The van der Waals surface area contributed by atoms with E-state index in [0.29, 0.717) is 24.5 Å². The third-order valence-corrected chi connectivity index (χ3v) is 5.92. The van der Waals surface area contributed by atoms with Crippen LogP contribution in [-0.2, 0) is 4.79 Å². The van der Waals surface area contributed by atoms with E-state index >= 15 is 0 Å². The minimum atomic E-state index is 0.0999. The molecule has 2 aliphatic rings. The van der Waals surface area contributed by atoms with E-state index < -0.39 is 0 Å². The van der Waals surface area contributed by atoms with E-state index in [9.17, 15) is 9.90 Å². The maximum Gasteiger partial charge on any atom is 0.237 e. The highest BCUT2D eigenvalue weighted by Crippen LogP contribution is 2.34. The number of hydrogen-bond acceptors (Lipinski definition) is 3. The molecule has 0 bridgehead atoms. The number of rotatable bonds is 6. The molecule has 1 saturated carbocycles. The minimum Gasteiger partial charge on any atom is -0.396 e. The molecule has 2 rings (SSSR count). The highest BCUT2D eigenvalue weighted by molar-refractivity contribution is 5.79. The van der Waals surface area contributed by atoms with E-state index in [1.165, 1.54) is 25.7 Å². The van der Waals surface area contributed by atoms with Crippen molar-refractivity contribution in [2.45, 2.75) is 77.8 Å². The molecule has 0 aromatic heterocycles. The number of amides is 1. The molecule has 0 unspecified atom stereocenters. The second kappa shape index (κ2) is 7.78. The van der Waals surface area contributed by atoms with Crippen molar-refractivity contribution in [1.82, 2.24) is 9.80 Å². The summed E-state index contributed by atoms with van der Waals surface area (Å²) in [7, 11) is 0. The molecule has 0 atom stereocenters. The van der Waals surface area contributed by atoms with Crippen molar-refractivity contribution in [3.63, 3.8) is 0 Å². The third-order valence-electron chi connectivity index (χ3n) is 5.92. The Bertz CT molecular complexity index is 350. The topological polar surface area (TPSA) is 43.8 Å². The highest BCUT2D eigenvalue weighted by atomic mass is 16.3. The molecule has 1 saturated heterocycles. The van der Waals surface area contributed by atoms with Crippen molar-refractivity contribution in [3.05, 3.63) is 0 Å². The van der Waals surface area contributed by atoms with Gasteiger partial charge in [-0.05, 0) is 64.5 Å². The summed E-state index contributed by atoms with van der Waals surface area (Å²) < 4.78 is 0. The second-order valence-corrected chi connectivity index (χ2v) is 7.62. The van der Waals surface area contributed by atoms with Gasteiger partial charge in [0.2, 0.25) is 5.91 Å². The number of nitrogens with zero attached hydrogens (tertiary/aromatic N) is 2. The number of aliphatic hydroxyl groups excluding tert-OH is 1. The second-order valence-electron chi connectivity index (χ2n) is 7.62. The van der Waals surface area contributed by atoms with Gasteiger partial charge in [-0.25, -0.2) is 0 Å². The fraction of sp³-hybridized carbons (Fsp3) is 0.944. The number of aliphatic hydroxyl groups is 1. The van der Waals surface area contributed by atoms with E-state index in [2.05, 4.69) is 30.6 Å². The maximum absolute atomic E-state index is 12.8. The lowest BCUT2D eigenvalue weighted by Gasteiger charge is -2.41. The number of hydrogen-bond donors (Lipinski definition) is 1. The Hall–Kier alpha value is -0.610. The molecule has 4 nitrogen and oxygen atoms in total. The van der Waals surface area contributed by atoms with Crippen molar-refractivity contribution >= 4 is 5.91 Å². The van der Waals surface area contributed by atoms with Gasteiger partial charge in [0, 0.05) is 18.7 Å². The Morgan fingerprint density at radius 2 is 1.86 bits per heavy atom.